The van der Waals surface area contributed by atoms with Crippen LogP contribution in [0.2, 0.25) is 5.02 Å². The molecular formula is C31H24ClN3O. The SMILES string of the molecule is CN1C[C@H](c2ccc(Cl)cc2)[C@@H](C(=O)C2C=CC=C2)[C@]12c1ccccc1-c1nc3ccccc3nc12. The minimum absolute atomic E-state index is 0.0190. The van der Waals surface area contributed by atoms with E-state index >= 15 is 0 Å². The second-order valence-electron chi connectivity index (χ2n) is 9.94. The first-order valence-electron chi connectivity index (χ1n) is 12.3. The first-order chi connectivity index (χ1) is 17.6. The van der Waals surface area contributed by atoms with Crippen LogP contribution in [0.3, 0.4) is 0 Å². The predicted molar refractivity (Wildman–Crippen MR) is 143 cm³/mol. The van der Waals surface area contributed by atoms with E-state index < -0.39 is 5.54 Å². The summed E-state index contributed by atoms with van der Waals surface area (Å²) >= 11 is 6.25. The van der Waals surface area contributed by atoms with Gasteiger partial charge in [-0.05, 0) is 42.4 Å². The molecule has 0 unspecified atom stereocenters. The number of rotatable bonds is 3. The van der Waals surface area contributed by atoms with Gasteiger partial charge in [-0.2, -0.15) is 0 Å². The van der Waals surface area contributed by atoms with Crippen LogP contribution >= 0.6 is 11.6 Å². The quantitative estimate of drug-likeness (QED) is 0.345. The topological polar surface area (TPSA) is 46.1 Å². The number of carbonyl (C=O) groups is 1. The Morgan fingerprint density at radius 2 is 1.58 bits per heavy atom. The van der Waals surface area contributed by atoms with Crippen LogP contribution in [-0.2, 0) is 10.3 Å². The number of hydrogen-bond donors (Lipinski definition) is 0. The zero-order chi connectivity index (χ0) is 24.4. The number of para-hydroxylation sites is 2. The summed E-state index contributed by atoms with van der Waals surface area (Å²) in [4.78, 5) is 27.2. The van der Waals surface area contributed by atoms with E-state index in [2.05, 4.69) is 42.3 Å². The van der Waals surface area contributed by atoms with Gasteiger partial charge in [0, 0.05) is 23.0 Å². The highest BCUT2D eigenvalue weighted by atomic mass is 35.5. The summed E-state index contributed by atoms with van der Waals surface area (Å²) in [7, 11) is 2.12. The number of ketones is 1. The van der Waals surface area contributed by atoms with Crippen LogP contribution in [-0.4, -0.2) is 34.2 Å². The third-order valence-corrected chi connectivity index (χ3v) is 8.38. The molecule has 7 rings (SSSR count). The van der Waals surface area contributed by atoms with Crippen LogP contribution < -0.4 is 0 Å². The van der Waals surface area contributed by atoms with Crippen LogP contribution in [0.4, 0.5) is 0 Å². The van der Waals surface area contributed by atoms with Gasteiger partial charge >= 0.3 is 0 Å². The molecule has 3 atom stereocenters. The summed E-state index contributed by atoms with van der Waals surface area (Å²) < 4.78 is 0. The van der Waals surface area contributed by atoms with Crippen LogP contribution in [0, 0.1) is 11.8 Å². The van der Waals surface area contributed by atoms with Gasteiger partial charge in [-0.15, -0.1) is 0 Å². The maximum atomic E-state index is 14.5. The van der Waals surface area contributed by atoms with Crippen molar-refractivity contribution in [3.05, 3.63) is 119 Å². The Morgan fingerprint density at radius 1 is 0.917 bits per heavy atom. The first kappa shape index (κ1) is 21.7. The molecule has 0 radical (unpaired) electrons. The molecule has 2 heterocycles. The number of benzene rings is 3. The van der Waals surface area contributed by atoms with Crippen molar-refractivity contribution in [1.29, 1.82) is 0 Å². The molecule has 4 nitrogen and oxygen atoms in total. The van der Waals surface area contributed by atoms with Gasteiger partial charge in [0.15, 0.2) is 0 Å². The molecule has 1 fully saturated rings. The van der Waals surface area contributed by atoms with Gasteiger partial charge in [0.1, 0.15) is 11.3 Å². The Kier molecular flexibility index (Phi) is 4.79. The van der Waals surface area contributed by atoms with E-state index in [0.717, 1.165) is 45.7 Å². The average molecular weight is 490 g/mol. The second kappa shape index (κ2) is 7.95. The summed E-state index contributed by atoms with van der Waals surface area (Å²) in [5, 5.41) is 0.693. The number of Topliss-reactive ketones (excluding diaryl/α,β-unsaturated/α-hetero) is 1. The molecule has 3 aliphatic rings. The average Bonchev–Trinajstić information content (AvgIpc) is 3.61. The van der Waals surface area contributed by atoms with Gasteiger partial charge in [0.25, 0.3) is 0 Å². The molecule has 0 bridgehead atoms. The zero-order valence-corrected chi connectivity index (χ0v) is 20.6. The number of carbonyl (C=O) groups excluding carboxylic acids is 1. The number of likely N-dealkylation sites (tertiary alicyclic amines) is 1. The van der Waals surface area contributed by atoms with E-state index in [1.54, 1.807) is 0 Å². The number of aromatic nitrogens is 2. The fraction of sp³-hybridized carbons (Fsp3) is 0.194. The van der Waals surface area contributed by atoms with E-state index in [1.165, 1.54) is 0 Å². The van der Waals surface area contributed by atoms with E-state index in [1.807, 2.05) is 66.8 Å². The van der Waals surface area contributed by atoms with E-state index in [9.17, 15) is 4.79 Å². The molecular weight excluding hydrogens is 466 g/mol. The Balaban J connectivity index is 1.53. The van der Waals surface area contributed by atoms with Gasteiger partial charge < -0.3 is 0 Å². The number of nitrogens with zero attached hydrogens (tertiary/aromatic N) is 3. The molecule has 1 saturated heterocycles. The highest BCUT2D eigenvalue weighted by Crippen LogP contribution is 2.60. The second-order valence-corrected chi connectivity index (χ2v) is 10.4. The van der Waals surface area contributed by atoms with Crippen molar-refractivity contribution in [3.8, 4) is 11.3 Å². The fourth-order valence-corrected chi connectivity index (χ4v) is 6.74. The van der Waals surface area contributed by atoms with Crippen molar-refractivity contribution < 1.29 is 4.79 Å². The summed E-state index contributed by atoms with van der Waals surface area (Å²) in [6, 6.07) is 24.3. The molecule has 2 aliphatic carbocycles. The van der Waals surface area contributed by atoms with Gasteiger partial charge in [-0.25, -0.2) is 9.97 Å². The lowest BCUT2D eigenvalue weighted by atomic mass is 9.69. The van der Waals surface area contributed by atoms with Crippen molar-refractivity contribution in [3.63, 3.8) is 0 Å². The maximum absolute atomic E-state index is 14.5. The molecule has 1 aliphatic heterocycles. The molecule has 0 amide bonds. The molecule has 0 saturated carbocycles. The van der Waals surface area contributed by atoms with Crippen molar-refractivity contribution in [1.82, 2.24) is 14.9 Å². The molecule has 5 heteroatoms. The van der Waals surface area contributed by atoms with Gasteiger partial charge in [0.05, 0.1) is 34.3 Å². The lowest BCUT2D eigenvalue weighted by Crippen LogP contribution is -2.47. The summed E-state index contributed by atoms with van der Waals surface area (Å²) in [6.45, 7) is 0.723. The third kappa shape index (κ3) is 2.89. The Labute approximate surface area is 215 Å². The lowest BCUT2D eigenvalue weighted by molar-refractivity contribution is -0.126. The molecule has 3 aromatic carbocycles. The molecule has 176 valence electrons. The first-order valence-corrected chi connectivity index (χ1v) is 12.7. The summed E-state index contributed by atoms with van der Waals surface area (Å²) in [6.07, 6.45) is 7.94. The van der Waals surface area contributed by atoms with E-state index in [-0.39, 0.29) is 23.5 Å². The van der Waals surface area contributed by atoms with E-state index in [0.29, 0.717) is 5.02 Å². The van der Waals surface area contributed by atoms with Crippen LogP contribution in [0.1, 0.15) is 22.7 Å². The number of likely N-dealkylation sites (N-methyl/N-ethyl adjacent to an activating group) is 1. The predicted octanol–water partition coefficient (Wildman–Crippen LogP) is 6.16. The molecule has 4 aromatic rings. The van der Waals surface area contributed by atoms with Gasteiger partial charge in [0.2, 0.25) is 0 Å². The molecule has 36 heavy (non-hydrogen) atoms. The van der Waals surface area contributed by atoms with Crippen molar-refractivity contribution in [2.75, 3.05) is 13.6 Å². The van der Waals surface area contributed by atoms with Crippen LogP contribution in [0.15, 0.2) is 97.1 Å². The Morgan fingerprint density at radius 3 is 2.33 bits per heavy atom. The van der Waals surface area contributed by atoms with Crippen molar-refractivity contribution >= 4 is 28.4 Å². The molecule has 0 N–H and O–H groups in total. The number of fused-ring (bicyclic) bond motifs is 6. The number of hydrogen-bond acceptors (Lipinski definition) is 4. The smallest absolute Gasteiger partial charge is 0.149 e. The fourth-order valence-electron chi connectivity index (χ4n) is 6.62. The van der Waals surface area contributed by atoms with E-state index in [4.69, 9.17) is 21.6 Å². The number of halogens is 1. The largest absolute Gasteiger partial charge is 0.298 e. The third-order valence-electron chi connectivity index (χ3n) is 8.13. The van der Waals surface area contributed by atoms with Crippen molar-refractivity contribution in [2.45, 2.75) is 11.5 Å². The van der Waals surface area contributed by atoms with Crippen LogP contribution in [0.5, 0.6) is 0 Å². The molecule has 1 spiro atoms. The minimum atomic E-state index is -0.714. The Bertz CT molecular complexity index is 1580. The highest BCUT2D eigenvalue weighted by Gasteiger charge is 2.63. The maximum Gasteiger partial charge on any atom is 0.149 e. The summed E-state index contributed by atoms with van der Waals surface area (Å²) in [5.41, 5.74) is 6.04. The zero-order valence-electron chi connectivity index (χ0n) is 19.8. The minimum Gasteiger partial charge on any atom is -0.298 e. The normalized spacial score (nSPS) is 24.6. The monoisotopic (exact) mass is 489 g/mol. The van der Waals surface area contributed by atoms with Gasteiger partial charge in [-0.3, -0.25) is 9.69 Å². The van der Waals surface area contributed by atoms with Crippen molar-refractivity contribution in [2.24, 2.45) is 11.8 Å². The Hall–Kier alpha value is -3.60. The van der Waals surface area contributed by atoms with Crippen LogP contribution in [0.25, 0.3) is 22.3 Å². The lowest BCUT2D eigenvalue weighted by Gasteiger charge is -2.39. The standard InChI is InChI=1S/C31H24ClN3O/c1-35-18-23(19-14-16-21(32)17-15-19)27(29(36)20-8-2-3-9-20)31(35)24-11-5-4-10-22(24)28-30(31)34-26-13-7-6-12-25(26)33-28/h2-17,20,23,27H,18H2,1H3/t23-,27+,31+/m1/s1. The molecule has 1 aromatic heterocycles. The number of allylic oxidation sites excluding steroid dienone is 4. The van der Waals surface area contributed by atoms with Gasteiger partial charge in [-0.1, -0.05) is 84.4 Å². The summed E-state index contributed by atoms with van der Waals surface area (Å²) in [5.74, 6) is -0.409. The highest BCUT2D eigenvalue weighted by molar-refractivity contribution is 6.30.